The van der Waals surface area contributed by atoms with Crippen molar-refractivity contribution in [3.05, 3.63) is 29.8 Å². The fourth-order valence-corrected chi connectivity index (χ4v) is 1.82. The SMILES string of the molecule is COC(=O)C(C)(C)NC(=S)Nc1ccccc1C. The highest BCUT2D eigenvalue weighted by atomic mass is 32.1. The predicted molar refractivity (Wildman–Crippen MR) is 76.6 cm³/mol. The van der Waals surface area contributed by atoms with Crippen LogP contribution in [0.5, 0.6) is 0 Å². The lowest BCUT2D eigenvalue weighted by Gasteiger charge is -2.25. The van der Waals surface area contributed by atoms with Crippen LogP contribution in [0.3, 0.4) is 0 Å². The highest BCUT2D eigenvalue weighted by Crippen LogP contribution is 2.13. The second kappa shape index (κ2) is 5.82. The quantitative estimate of drug-likeness (QED) is 0.649. The van der Waals surface area contributed by atoms with Crippen molar-refractivity contribution < 1.29 is 9.53 Å². The van der Waals surface area contributed by atoms with E-state index in [4.69, 9.17) is 17.0 Å². The lowest BCUT2D eigenvalue weighted by Crippen LogP contribution is -2.51. The van der Waals surface area contributed by atoms with Gasteiger partial charge in [0.15, 0.2) is 5.11 Å². The van der Waals surface area contributed by atoms with E-state index in [2.05, 4.69) is 10.6 Å². The van der Waals surface area contributed by atoms with Crippen LogP contribution >= 0.6 is 12.2 Å². The summed E-state index contributed by atoms with van der Waals surface area (Å²) >= 11 is 5.18. The van der Waals surface area contributed by atoms with Gasteiger partial charge in [0.1, 0.15) is 5.54 Å². The average Bonchev–Trinajstić information content (AvgIpc) is 2.30. The maximum Gasteiger partial charge on any atom is 0.330 e. The number of esters is 1. The number of aryl methyl sites for hydroxylation is 1. The van der Waals surface area contributed by atoms with E-state index in [0.717, 1.165) is 11.3 Å². The van der Waals surface area contributed by atoms with Crippen molar-refractivity contribution in [2.24, 2.45) is 0 Å². The number of ether oxygens (including phenoxy) is 1. The molecule has 0 atom stereocenters. The number of anilines is 1. The third-order valence-corrected chi connectivity index (χ3v) is 2.72. The molecule has 5 heteroatoms. The number of rotatable bonds is 3. The summed E-state index contributed by atoms with van der Waals surface area (Å²) in [6.45, 7) is 5.41. The number of carbonyl (C=O) groups excluding carboxylic acids is 1. The first-order valence-electron chi connectivity index (χ1n) is 5.60. The van der Waals surface area contributed by atoms with E-state index in [1.54, 1.807) is 13.8 Å². The smallest absolute Gasteiger partial charge is 0.330 e. The number of benzene rings is 1. The molecule has 98 valence electrons. The Morgan fingerprint density at radius 3 is 2.50 bits per heavy atom. The summed E-state index contributed by atoms with van der Waals surface area (Å²) in [6, 6.07) is 7.78. The molecule has 0 amide bonds. The summed E-state index contributed by atoms with van der Waals surface area (Å²) in [5.41, 5.74) is 1.13. The molecule has 0 aromatic heterocycles. The van der Waals surface area contributed by atoms with Crippen molar-refractivity contribution in [1.29, 1.82) is 0 Å². The van der Waals surface area contributed by atoms with Gasteiger partial charge in [0.25, 0.3) is 0 Å². The second-order valence-corrected chi connectivity index (χ2v) is 4.92. The van der Waals surface area contributed by atoms with Crippen LogP contribution in [0.25, 0.3) is 0 Å². The Morgan fingerprint density at radius 2 is 1.94 bits per heavy atom. The molecule has 0 unspecified atom stereocenters. The van der Waals surface area contributed by atoms with Crippen LogP contribution in [-0.4, -0.2) is 23.7 Å². The maximum atomic E-state index is 11.5. The fraction of sp³-hybridized carbons (Fsp3) is 0.385. The van der Waals surface area contributed by atoms with Gasteiger partial charge in [-0.1, -0.05) is 18.2 Å². The van der Waals surface area contributed by atoms with E-state index < -0.39 is 5.54 Å². The van der Waals surface area contributed by atoms with Gasteiger partial charge < -0.3 is 15.4 Å². The molecule has 0 aliphatic heterocycles. The summed E-state index contributed by atoms with van der Waals surface area (Å²) < 4.78 is 4.70. The van der Waals surface area contributed by atoms with Crippen LogP contribution in [0.1, 0.15) is 19.4 Å². The number of para-hydroxylation sites is 1. The molecule has 0 aliphatic carbocycles. The van der Waals surface area contributed by atoms with Crippen LogP contribution in [-0.2, 0) is 9.53 Å². The molecule has 0 saturated carbocycles. The van der Waals surface area contributed by atoms with E-state index >= 15 is 0 Å². The molecule has 0 aliphatic rings. The Balaban J connectivity index is 2.68. The zero-order valence-electron chi connectivity index (χ0n) is 11.0. The Labute approximate surface area is 113 Å². The van der Waals surface area contributed by atoms with Crippen molar-refractivity contribution in [1.82, 2.24) is 5.32 Å². The first-order chi connectivity index (χ1) is 8.36. The summed E-state index contributed by atoms with van der Waals surface area (Å²) in [5.74, 6) is -0.364. The van der Waals surface area contributed by atoms with Gasteiger partial charge in [-0.05, 0) is 44.6 Å². The molecule has 2 N–H and O–H groups in total. The minimum Gasteiger partial charge on any atom is -0.467 e. The van der Waals surface area contributed by atoms with Crippen molar-refractivity contribution in [3.8, 4) is 0 Å². The minimum absolute atomic E-state index is 0.364. The van der Waals surface area contributed by atoms with Crippen molar-refractivity contribution in [3.63, 3.8) is 0 Å². The number of hydrogen-bond donors (Lipinski definition) is 2. The van der Waals surface area contributed by atoms with Crippen LogP contribution in [0.15, 0.2) is 24.3 Å². The standard InChI is InChI=1S/C13H18N2O2S/c1-9-7-5-6-8-10(9)14-12(18)15-13(2,3)11(16)17-4/h5-8H,1-4H3,(H2,14,15,18). The molecule has 18 heavy (non-hydrogen) atoms. The molecule has 1 aromatic carbocycles. The van der Waals surface area contributed by atoms with Crippen molar-refractivity contribution >= 4 is 29.0 Å². The lowest BCUT2D eigenvalue weighted by molar-refractivity contribution is -0.146. The van der Waals surface area contributed by atoms with Gasteiger partial charge in [-0.3, -0.25) is 0 Å². The molecule has 0 radical (unpaired) electrons. The van der Waals surface area contributed by atoms with E-state index in [0.29, 0.717) is 5.11 Å². The molecule has 4 nitrogen and oxygen atoms in total. The Bertz CT molecular complexity index is 458. The summed E-state index contributed by atoms with van der Waals surface area (Å²) in [5, 5.41) is 6.37. The van der Waals surface area contributed by atoms with E-state index in [-0.39, 0.29) is 5.97 Å². The van der Waals surface area contributed by atoms with Gasteiger partial charge in [-0.25, -0.2) is 4.79 Å². The minimum atomic E-state index is -0.860. The molecule has 0 saturated heterocycles. The van der Waals surface area contributed by atoms with E-state index in [9.17, 15) is 4.79 Å². The highest BCUT2D eigenvalue weighted by Gasteiger charge is 2.29. The summed E-state index contributed by atoms with van der Waals surface area (Å²) in [6.07, 6.45) is 0. The summed E-state index contributed by atoms with van der Waals surface area (Å²) in [4.78, 5) is 11.5. The Hall–Kier alpha value is -1.62. The highest BCUT2D eigenvalue weighted by molar-refractivity contribution is 7.80. The molecule has 1 rings (SSSR count). The predicted octanol–water partition coefficient (Wildman–Crippen LogP) is 2.23. The van der Waals surface area contributed by atoms with Gasteiger partial charge in [0.05, 0.1) is 7.11 Å². The van der Waals surface area contributed by atoms with Crippen molar-refractivity contribution in [2.75, 3.05) is 12.4 Å². The lowest BCUT2D eigenvalue weighted by atomic mass is 10.1. The zero-order chi connectivity index (χ0) is 13.8. The van der Waals surface area contributed by atoms with Crippen LogP contribution in [0, 0.1) is 6.92 Å². The van der Waals surface area contributed by atoms with E-state index in [1.807, 2.05) is 31.2 Å². The van der Waals surface area contributed by atoms with Gasteiger partial charge in [-0.15, -0.1) is 0 Å². The zero-order valence-corrected chi connectivity index (χ0v) is 11.9. The first kappa shape index (κ1) is 14.4. The van der Waals surface area contributed by atoms with Gasteiger partial charge in [0.2, 0.25) is 0 Å². The molecule has 0 fully saturated rings. The Morgan fingerprint density at radius 1 is 1.33 bits per heavy atom. The first-order valence-corrected chi connectivity index (χ1v) is 6.01. The van der Waals surface area contributed by atoms with Crippen LogP contribution < -0.4 is 10.6 Å². The number of carbonyl (C=O) groups is 1. The summed E-state index contributed by atoms with van der Waals surface area (Å²) in [7, 11) is 1.35. The van der Waals surface area contributed by atoms with Gasteiger partial charge in [0, 0.05) is 5.69 Å². The maximum absolute atomic E-state index is 11.5. The Kier molecular flexibility index (Phi) is 4.67. The molecule has 0 heterocycles. The third-order valence-electron chi connectivity index (χ3n) is 2.52. The molecule has 0 spiro atoms. The molecule has 1 aromatic rings. The molecular weight excluding hydrogens is 248 g/mol. The largest absolute Gasteiger partial charge is 0.467 e. The normalized spacial score (nSPS) is 10.7. The fourth-order valence-electron chi connectivity index (χ4n) is 1.46. The van der Waals surface area contributed by atoms with Gasteiger partial charge in [-0.2, -0.15) is 0 Å². The number of thiocarbonyl (C=S) groups is 1. The number of methoxy groups -OCH3 is 1. The van der Waals surface area contributed by atoms with Crippen molar-refractivity contribution in [2.45, 2.75) is 26.3 Å². The molecule has 0 bridgehead atoms. The third kappa shape index (κ3) is 3.70. The molecular formula is C13H18N2O2S. The topological polar surface area (TPSA) is 50.4 Å². The average molecular weight is 266 g/mol. The number of nitrogens with one attached hydrogen (secondary N) is 2. The van der Waals surface area contributed by atoms with Crippen LogP contribution in [0.4, 0.5) is 5.69 Å². The monoisotopic (exact) mass is 266 g/mol. The van der Waals surface area contributed by atoms with Gasteiger partial charge >= 0.3 is 5.97 Å². The van der Waals surface area contributed by atoms with Crippen LogP contribution in [0.2, 0.25) is 0 Å². The second-order valence-electron chi connectivity index (χ2n) is 4.51. The number of hydrogen-bond acceptors (Lipinski definition) is 3. The van der Waals surface area contributed by atoms with E-state index in [1.165, 1.54) is 7.11 Å².